The molecule has 134 valence electrons. The van der Waals surface area contributed by atoms with Gasteiger partial charge in [-0.05, 0) is 44.2 Å². The maximum atomic E-state index is 13.2. The molecule has 0 atom stereocenters. The summed E-state index contributed by atoms with van der Waals surface area (Å²) < 4.78 is 5.16. The Morgan fingerprint density at radius 2 is 1.54 bits per heavy atom. The van der Waals surface area contributed by atoms with E-state index in [1.807, 2.05) is 43.1 Å². The number of hydrogen-bond acceptors (Lipinski definition) is 4. The van der Waals surface area contributed by atoms with Gasteiger partial charge >= 0.3 is 0 Å². The van der Waals surface area contributed by atoms with Crippen molar-refractivity contribution in [2.45, 2.75) is 13.8 Å². The summed E-state index contributed by atoms with van der Waals surface area (Å²) in [6.45, 7) is 5.64. The number of carbonyl (C=O) groups excluding carboxylic acids is 2. The van der Waals surface area contributed by atoms with Crippen molar-refractivity contribution in [1.29, 1.82) is 0 Å². The second kappa shape index (κ2) is 7.44. The molecule has 0 spiro atoms. The van der Waals surface area contributed by atoms with Crippen LogP contribution in [0.25, 0.3) is 5.57 Å². The first kappa shape index (κ1) is 17.7. The molecular weight excluding hydrogens is 328 g/mol. The van der Waals surface area contributed by atoms with Crippen LogP contribution in [0.15, 0.2) is 54.7 Å². The number of nitrogens with zero attached hydrogens (tertiary/aromatic N) is 2. The molecule has 0 saturated carbocycles. The fourth-order valence-corrected chi connectivity index (χ4v) is 3.03. The van der Waals surface area contributed by atoms with Gasteiger partial charge in [-0.2, -0.15) is 0 Å². The van der Waals surface area contributed by atoms with E-state index in [0.29, 0.717) is 28.1 Å². The molecule has 1 aliphatic heterocycles. The second-order valence-electron chi connectivity index (χ2n) is 5.95. The molecule has 0 saturated heterocycles. The van der Waals surface area contributed by atoms with Crippen molar-refractivity contribution < 1.29 is 14.3 Å². The Balaban J connectivity index is 2.13. The SMILES string of the molecule is CCN(C=C1C(=O)N(c2ccc(OC)cc2)C(=O)c2ccccc21)CC. The Morgan fingerprint density at radius 3 is 2.12 bits per heavy atom. The molecule has 0 aliphatic carbocycles. The Morgan fingerprint density at radius 1 is 0.923 bits per heavy atom. The number of ether oxygens (including phenoxy) is 1. The lowest BCUT2D eigenvalue weighted by Gasteiger charge is -2.30. The highest BCUT2D eigenvalue weighted by molar-refractivity contribution is 6.41. The highest BCUT2D eigenvalue weighted by Crippen LogP contribution is 2.33. The van der Waals surface area contributed by atoms with Gasteiger partial charge in [0.25, 0.3) is 11.8 Å². The normalized spacial score (nSPS) is 15.2. The van der Waals surface area contributed by atoms with Crippen molar-refractivity contribution in [1.82, 2.24) is 4.90 Å². The predicted octanol–water partition coefficient (Wildman–Crippen LogP) is 3.56. The summed E-state index contributed by atoms with van der Waals surface area (Å²) in [4.78, 5) is 29.5. The molecule has 5 heteroatoms. The lowest BCUT2D eigenvalue weighted by atomic mass is 9.93. The van der Waals surface area contributed by atoms with Gasteiger partial charge < -0.3 is 9.64 Å². The second-order valence-corrected chi connectivity index (χ2v) is 5.95. The number of carbonyl (C=O) groups is 2. The quantitative estimate of drug-likeness (QED) is 0.611. The molecule has 2 aromatic rings. The van der Waals surface area contributed by atoms with Crippen molar-refractivity contribution in [2.75, 3.05) is 25.1 Å². The Hall–Kier alpha value is -3.08. The van der Waals surface area contributed by atoms with Crippen molar-refractivity contribution in [2.24, 2.45) is 0 Å². The zero-order valence-corrected chi connectivity index (χ0v) is 15.2. The van der Waals surface area contributed by atoms with Gasteiger partial charge in [0.2, 0.25) is 0 Å². The number of amides is 2. The van der Waals surface area contributed by atoms with E-state index in [2.05, 4.69) is 0 Å². The summed E-state index contributed by atoms with van der Waals surface area (Å²) in [6.07, 6.45) is 1.85. The van der Waals surface area contributed by atoms with Crippen LogP contribution < -0.4 is 9.64 Å². The molecule has 2 amide bonds. The predicted molar refractivity (Wildman–Crippen MR) is 102 cm³/mol. The fourth-order valence-electron chi connectivity index (χ4n) is 3.03. The van der Waals surface area contributed by atoms with Crippen LogP contribution in [-0.4, -0.2) is 36.9 Å². The summed E-state index contributed by atoms with van der Waals surface area (Å²) >= 11 is 0. The highest BCUT2D eigenvalue weighted by Gasteiger charge is 2.36. The molecule has 0 unspecified atom stereocenters. The van der Waals surface area contributed by atoms with Crippen LogP contribution in [0.1, 0.15) is 29.8 Å². The number of fused-ring (bicyclic) bond motifs is 1. The van der Waals surface area contributed by atoms with Gasteiger partial charge in [0.1, 0.15) is 5.75 Å². The summed E-state index contributed by atoms with van der Waals surface area (Å²) in [5.41, 5.74) is 2.26. The number of anilines is 1. The number of hydrogen-bond donors (Lipinski definition) is 0. The third-order valence-electron chi connectivity index (χ3n) is 4.54. The van der Waals surface area contributed by atoms with Gasteiger partial charge in [-0.15, -0.1) is 0 Å². The van der Waals surface area contributed by atoms with Crippen molar-refractivity contribution in [3.8, 4) is 5.75 Å². The number of rotatable bonds is 5. The van der Waals surface area contributed by atoms with Gasteiger partial charge in [-0.1, -0.05) is 18.2 Å². The van der Waals surface area contributed by atoms with E-state index < -0.39 is 0 Å². The topological polar surface area (TPSA) is 49.9 Å². The zero-order valence-electron chi connectivity index (χ0n) is 15.2. The first-order valence-corrected chi connectivity index (χ1v) is 8.68. The van der Waals surface area contributed by atoms with Gasteiger partial charge in [0.05, 0.1) is 18.4 Å². The van der Waals surface area contributed by atoms with Crippen LogP contribution >= 0.6 is 0 Å². The third kappa shape index (κ3) is 3.08. The smallest absolute Gasteiger partial charge is 0.267 e. The van der Waals surface area contributed by atoms with E-state index in [9.17, 15) is 9.59 Å². The molecule has 1 aliphatic rings. The maximum Gasteiger partial charge on any atom is 0.267 e. The molecule has 1 heterocycles. The lowest BCUT2D eigenvalue weighted by molar-refractivity contribution is -0.112. The lowest BCUT2D eigenvalue weighted by Crippen LogP contribution is -2.42. The van der Waals surface area contributed by atoms with E-state index in [1.54, 1.807) is 37.4 Å². The van der Waals surface area contributed by atoms with E-state index in [-0.39, 0.29) is 11.8 Å². The molecule has 0 aromatic heterocycles. The minimum absolute atomic E-state index is 0.313. The molecule has 0 bridgehead atoms. The molecule has 3 rings (SSSR count). The van der Waals surface area contributed by atoms with Crippen LogP contribution in [0.4, 0.5) is 5.69 Å². The summed E-state index contributed by atoms with van der Waals surface area (Å²) in [5.74, 6) is 0.0446. The van der Waals surface area contributed by atoms with Crippen molar-refractivity contribution >= 4 is 23.1 Å². The van der Waals surface area contributed by atoms with Crippen LogP contribution in [0.2, 0.25) is 0 Å². The minimum atomic E-state index is -0.314. The minimum Gasteiger partial charge on any atom is -0.497 e. The monoisotopic (exact) mass is 350 g/mol. The van der Waals surface area contributed by atoms with Crippen LogP contribution in [0, 0.1) is 0 Å². The molecular formula is C21H22N2O3. The van der Waals surface area contributed by atoms with E-state index in [4.69, 9.17) is 4.74 Å². The van der Waals surface area contributed by atoms with E-state index in [1.165, 1.54) is 4.90 Å². The van der Waals surface area contributed by atoms with Crippen LogP contribution in [0.5, 0.6) is 5.75 Å². The van der Waals surface area contributed by atoms with Gasteiger partial charge in [-0.3, -0.25) is 9.59 Å². The Bertz CT molecular complexity index is 852. The highest BCUT2D eigenvalue weighted by atomic mass is 16.5. The van der Waals surface area contributed by atoms with Gasteiger partial charge in [-0.25, -0.2) is 4.90 Å². The summed E-state index contributed by atoms with van der Waals surface area (Å²) in [7, 11) is 1.58. The molecule has 0 radical (unpaired) electrons. The zero-order chi connectivity index (χ0) is 18.7. The number of imide groups is 1. The molecule has 26 heavy (non-hydrogen) atoms. The van der Waals surface area contributed by atoms with E-state index in [0.717, 1.165) is 13.1 Å². The average Bonchev–Trinajstić information content (AvgIpc) is 2.69. The largest absolute Gasteiger partial charge is 0.497 e. The molecule has 0 fully saturated rings. The van der Waals surface area contributed by atoms with Gasteiger partial charge in [0.15, 0.2) is 0 Å². The molecule has 0 N–H and O–H groups in total. The van der Waals surface area contributed by atoms with Crippen LogP contribution in [0.3, 0.4) is 0 Å². The third-order valence-corrected chi connectivity index (χ3v) is 4.54. The Kier molecular flexibility index (Phi) is 5.07. The van der Waals surface area contributed by atoms with Crippen LogP contribution in [-0.2, 0) is 4.79 Å². The molecule has 2 aromatic carbocycles. The number of benzene rings is 2. The van der Waals surface area contributed by atoms with E-state index >= 15 is 0 Å². The first-order chi connectivity index (χ1) is 12.6. The van der Waals surface area contributed by atoms with Crippen molar-refractivity contribution in [3.63, 3.8) is 0 Å². The number of methoxy groups -OCH3 is 1. The average molecular weight is 350 g/mol. The summed E-state index contributed by atoms with van der Waals surface area (Å²) in [5, 5.41) is 0. The summed E-state index contributed by atoms with van der Waals surface area (Å²) in [6, 6.07) is 14.2. The van der Waals surface area contributed by atoms with Crippen molar-refractivity contribution in [3.05, 3.63) is 65.9 Å². The fraction of sp³-hybridized carbons (Fsp3) is 0.238. The maximum absolute atomic E-state index is 13.2. The Labute approximate surface area is 153 Å². The standard InChI is InChI=1S/C21H22N2O3/c1-4-22(5-2)14-19-17-8-6-7-9-18(17)20(24)23(21(19)25)15-10-12-16(26-3)13-11-15/h6-14H,4-5H2,1-3H3. The molecule has 5 nitrogen and oxygen atoms in total. The van der Waals surface area contributed by atoms with Gasteiger partial charge in [0, 0.05) is 30.4 Å². The first-order valence-electron chi connectivity index (χ1n) is 8.68.